The lowest BCUT2D eigenvalue weighted by atomic mass is 9.62. The number of aliphatic hydroxyl groups is 1. The molecular formula is C14H20O3. The molecule has 3 rings (SSSR count). The van der Waals surface area contributed by atoms with Crippen LogP contribution in [0.2, 0.25) is 0 Å². The Morgan fingerprint density at radius 2 is 2.24 bits per heavy atom. The summed E-state index contributed by atoms with van der Waals surface area (Å²) in [7, 11) is 0. The molecule has 3 aliphatic rings. The number of fused-ring (bicyclic) bond motifs is 3. The molecule has 6 atom stereocenters. The molecule has 0 amide bonds. The molecular weight excluding hydrogens is 216 g/mol. The molecule has 3 nitrogen and oxygen atoms in total. The molecule has 0 aromatic carbocycles. The zero-order valence-electron chi connectivity index (χ0n) is 10.5. The third kappa shape index (κ3) is 1.29. The number of hydrogen-bond donors (Lipinski definition) is 1. The number of esters is 1. The van der Waals surface area contributed by atoms with Crippen LogP contribution in [0, 0.1) is 23.2 Å². The van der Waals surface area contributed by atoms with Gasteiger partial charge in [0.15, 0.2) is 0 Å². The SMILES string of the molecule is C=C1CC(O)C2(C)CCC3C(C)C(=O)OC3C12. The van der Waals surface area contributed by atoms with E-state index in [0.717, 1.165) is 18.4 Å². The summed E-state index contributed by atoms with van der Waals surface area (Å²) in [6, 6.07) is 0. The fourth-order valence-corrected chi connectivity index (χ4v) is 4.21. The highest BCUT2D eigenvalue weighted by molar-refractivity contribution is 5.75. The summed E-state index contributed by atoms with van der Waals surface area (Å²) in [4.78, 5) is 11.7. The van der Waals surface area contributed by atoms with E-state index >= 15 is 0 Å². The standard InChI is InChI=1S/C14H20O3/c1-7-6-10(15)14(3)5-4-9-8(2)13(16)17-12(9)11(7)14/h8-12,15H,1,4-6H2,2-3H3. The van der Waals surface area contributed by atoms with Crippen molar-refractivity contribution in [2.24, 2.45) is 23.2 Å². The van der Waals surface area contributed by atoms with E-state index in [1.807, 2.05) is 6.92 Å². The molecule has 17 heavy (non-hydrogen) atoms. The van der Waals surface area contributed by atoms with Crippen LogP contribution in [0.4, 0.5) is 0 Å². The van der Waals surface area contributed by atoms with Crippen molar-refractivity contribution in [2.45, 2.75) is 45.3 Å². The van der Waals surface area contributed by atoms with E-state index in [-0.39, 0.29) is 35.4 Å². The van der Waals surface area contributed by atoms with E-state index in [1.165, 1.54) is 0 Å². The van der Waals surface area contributed by atoms with Crippen molar-refractivity contribution in [3.05, 3.63) is 12.2 Å². The second-order valence-electron chi connectivity index (χ2n) is 6.25. The van der Waals surface area contributed by atoms with Crippen molar-refractivity contribution in [3.8, 4) is 0 Å². The molecule has 0 aromatic heterocycles. The topological polar surface area (TPSA) is 46.5 Å². The normalized spacial score (nSPS) is 53.2. The second kappa shape index (κ2) is 3.35. The Balaban J connectivity index is 1.98. The maximum absolute atomic E-state index is 11.7. The summed E-state index contributed by atoms with van der Waals surface area (Å²) < 4.78 is 5.56. The largest absolute Gasteiger partial charge is 0.461 e. The number of carbonyl (C=O) groups excluding carboxylic acids is 1. The summed E-state index contributed by atoms with van der Waals surface area (Å²) in [6.07, 6.45) is 2.25. The lowest BCUT2D eigenvalue weighted by Crippen LogP contribution is -2.46. The summed E-state index contributed by atoms with van der Waals surface area (Å²) >= 11 is 0. The van der Waals surface area contributed by atoms with E-state index in [0.29, 0.717) is 12.3 Å². The first-order valence-corrected chi connectivity index (χ1v) is 6.51. The molecule has 1 saturated heterocycles. The molecule has 2 saturated carbocycles. The van der Waals surface area contributed by atoms with Crippen LogP contribution in [0.3, 0.4) is 0 Å². The first-order valence-electron chi connectivity index (χ1n) is 6.51. The van der Waals surface area contributed by atoms with Crippen molar-refractivity contribution in [1.82, 2.24) is 0 Å². The van der Waals surface area contributed by atoms with Crippen LogP contribution in [0.5, 0.6) is 0 Å². The highest BCUT2D eigenvalue weighted by Crippen LogP contribution is 2.58. The summed E-state index contributed by atoms with van der Waals surface area (Å²) in [5.41, 5.74) is 0.930. The van der Waals surface area contributed by atoms with Crippen LogP contribution in [-0.4, -0.2) is 23.3 Å². The Hall–Kier alpha value is -0.830. The van der Waals surface area contributed by atoms with Crippen LogP contribution >= 0.6 is 0 Å². The monoisotopic (exact) mass is 236 g/mol. The first kappa shape index (κ1) is 11.3. The van der Waals surface area contributed by atoms with Crippen LogP contribution < -0.4 is 0 Å². The van der Waals surface area contributed by atoms with Crippen molar-refractivity contribution >= 4 is 5.97 Å². The molecule has 2 aliphatic carbocycles. The first-order chi connectivity index (χ1) is 7.95. The van der Waals surface area contributed by atoms with Crippen LogP contribution in [0.25, 0.3) is 0 Å². The van der Waals surface area contributed by atoms with E-state index < -0.39 is 0 Å². The molecule has 94 valence electrons. The van der Waals surface area contributed by atoms with Crippen molar-refractivity contribution in [3.63, 3.8) is 0 Å². The molecule has 3 heteroatoms. The van der Waals surface area contributed by atoms with Gasteiger partial charge in [0, 0.05) is 17.3 Å². The van der Waals surface area contributed by atoms with Gasteiger partial charge in [0.05, 0.1) is 12.0 Å². The molecule has 1 heterocycles. The van der Waals surface area contributed by atoms with Crippen molar-refractivity contribution in [2.75, 3.05) is 0 Å². The maximum atomic E-state index is 11.7. The van der Waals surface area contributed by atoms with Crippen LogP contribution in [0.15, 0.2) is 12.2 Å². The van der Waals surface area contributed by atoms with Gasteiger partial charge in [-0.15, -0.1) is 0 Å². The Morgan fingerprint density at radius 3 is 2.94 bits per heavy atom. The Kier molecular flexibility index (Phi) is 2.22. The van der Waals surface area contributed by atoms with Gasteiger partial charge in [0.2, 0.25) is 0 Å². The minimum Gasteiger partial charge on any atom is -0.461 e. The maximum Gasteiger partial charge on any atom is 0.309 e. The zero-order chi connectivity index (χ0) is 12.4. The fraction of sp³-hybridized carbons (Fsp3) is 0.786. The number of carbonyl (C=O) groups is 1. The average molecular weight is 236 g/mol. The lowest BCUT2D eigenvalue weighted by molar-refractivity contribution is -0.148. The predicted octanol–water partition coefficient (Wildman–Crippen LogP) is 1.90. The Labute approximate surface area is 102 Å². The van der Waals surface area contributed by atoms with Gasteiger partial charge < -0.3 is 9.84 Å². The van der Waals surface area contributed by atoms with Gasteiger partial charge in [-0.2, -0.15) is 0 Å². The molecule has 0 spiro atoms. The van der Waals surface area contributed by atoms with Gasteiger partial charge in [-0.1, -0.05) is 26.0 Å². The molecule has 6 unspecified atom stereocenters. The van der Waals surface area contributed by atoms with Gasteiger partial charge in [0.25, 0.3) is 0 Å². The molecule has 0 bridgehead atoms. The van der Waals surface area contributed by atoms with Gasteiger partial charge in [-0.05, 0) is 19.3 Å². The predicted molar refractivity (Wildman–Crippen MR) is 63.1 cm³/mol. The smallest absolute Gasteiger partial charge is 0.309 e. The minimum absolute atomic E-state index is 0.00935. The third-order valence-corrected chi connectivity index (χ3v) is 5.40. The van der Waals surface area contributed by atoms with E-state index in [2.05, 4.69) is 13.5 Å². The number of rotatable bonds is 0. The summed E-state index contributed by atoms with van der Waals surface area (Å²) in [6.45, 7) is 8.17. The van der Waals surface area contributed by atoms with Gasteiger partial charge >= 0.3 is 5.97 Å². The minimum atomic E-state index is -0.324. The summed E-state index contributed by atoms with van der Waals surface area (Å²) in [5.74, 6) is 0.418. The van der Waals surface area contributed by atoms with Gasteiger partial charge in [-0.25, -0.2) is 0 Å². The van der Waals surface area contributed by atoms with Crippen LogP contribution in [-0.2, 0) is 9.53 Å². The average Bonchev–Trinajstić information content (AvgIpc) is 2.65. The number of aliphatic hydroxyl groups excluding tert-OH is 1. The van der Waals surface area contributed by atoms with Crippen molar-refractivity contribution < 1.29 is 14.6 Å². The van der Waals surface area contributed by atoms with E-state index in [1.54, 1.807) is 0 Å². The zero-order valence-corrected chi connectivity index (χ0v) is 10.5. The lowest BCUT2D eigenvalue weighted by Gasteiger charge is -2.44. The van der Waals surface area contributed by atoms with Crippen molar-refractivity contribution in [1.29, 1.82) is 0 Å². The second-order valence-corrected chi connectivity index (χ2v) is 6.25. The van der Waals surface area contributed by atoms with Crippen LogP contribution in [0.1, 0.15) is 33.1 Å². The molecule has 0 aromatic rings. The number of ether oxygens (including phenoxy) is 1. The molecule has 0 radical (unpaired) electrons. The Bertz CT molecular complexity index is 389. The van der Waals surface area contributed by atoms with Gasteiger partial charge in [-0.3, -0.25) is 4.79 Å². The molecule has 3 fully saturated rings. The third-order valence-electron chi connectivity index (χ3n) is 5.40. The van der Waals surface area contributed by atoms with E-state index in [9.17, 15) is 9.90 Å². The number of hydrogen-bond acceptors (Lipinski definition) is 3. The van der Waals surface area contributed by atoms with E-state index in [4.69, 9.17) is 4.74 Å². The summed E-state index contributed by atoms with van der Waals surface area (Å²) in [5, 5.41) is 10.2. The van der Waals surface area contributed by atoms with Gasteiger partial charge in [0.1, 0.15) is 6.10 Å². The quantitative estimate of drug-likeness (QED) is 0.516. The molecule has 1 aliphatic heterocycles. The fourth-order valence-electron chi connectivity index (χ4n) is 4.21. The molecule has 1 N–H and O–H groups in total. The highest BCUT2D eigenvalue weighted by Gasteiger charge is 2.60. The Morgan fingerprint density at radius 1 is 1.53 bits per heavy atom. The highest BCUT2D eigenvalue weighted by atomic mass is 16.6.